The number of aryl methyl sites for hydroxylation is 2. The monoisotopic (exact) mass is 369 g/mol. The van der Waals surface area contributed by atoms with Crippen molar-refractivity contribution in [3.8, 4) is 0 Å². The van der Waals surface area contributed by atoms with Crippen molar-refractivity contribution in [1.29, 1.82) is 0 Å². The third-order valence-corrected chi connectivity index (χ3v) is 4.23. The summed E-state index contributed by atoms with van der Waals surface area (Å²) in [5.41, 5.74) is 0.614. The second kappa shape index (κ2) is 10.2. The molecule has 1 heterocycles. The summed E-state index contributed by atoms with van der Waals surface area (Å²) in [6.45, 7) is 14.1. The average molecular weight is 370 g/mol. The lowest BCUT2D eigenvalue weighted by molar-refractivity contribution is 0.0529. The van der Waals surface area contributed by atoms with Crippen molar-refractivity contribution >= 4 is 23.4 Å². The van der Waals surface area contributed by atoms with E-state index in [1.807, 2.05) is 34.6 Å². The quantitative estimate of drug-likeness (QED) is 0.390. The first-order valence-corrected chi connectivity index (χ1v) is 9.45. The van der Waals surface area contributed by atoms with E-state index in [0.29, 0.717) is 19.6 Å². The minimum absolute atomic E-state index is 0.411. The number of nitrogens with zero attached hydrogens (tertiary/aromatic N) is 2. The lowest BCUT2D eigenvalue weighted by Crippen LogP contribution is -2.42. The van der Waals surface area contributed by atoms with Gasteiger partial charge in [0.2, 0.25) is 0 Å². The Labute approximate surface area is 154 Å². The Morgan fingerprint density at radius 2 is 1.88 bits per heavy atom. The molecule has 0 saturated carbocycles. The number of aliphatic imine (C=N–C) groups is 1. The molecule has 0 unspecified atom stereocenters. The van der Waals surface area contributed by atoms with Crippen molar-refractivity contribution in [3.63, 3.8) is 0 Å². The molecule has 0 aliphatic heterocycles. The Balaban J connectivity index is 2.34. The van der Waals surface area contributed by atoms with Crippen LogP contribution in [-0.2, 0) is 11.2 Å². The largest absolute Gasteiger partial charge is 0.444 e. The van der Waals surface area contributed by atoms with Gasteiger partial charge in [0.25, 0.3) is 0 Å². The second-order valence-corrected chi connectivity index (χ2v) is 7.90. The van der Waals surface area contributed by atoms with Crippen LogP contribution in [0.25, 0.3) is 0 Å². The van der Waals surface area contributed by atoms with Gasteiger partial charge in [0.1, 0.15) is 5.60 Å². The van der Waals surface area contributed by atoms with E-state index in [1.54, 1.807) is 11.3 Å². The Morgan fingerprint density at radius 3 is 2.44 bits per heavy atom. The van der Waals surface area contributed by atoms with E-state index in [0.717, 1.165) is 29.6 Å². The van der Waals surface area contributed by atoms with Crippen LogP contribution in [0.4, 0.5) is 4.79 Å². The average Bonchev–Trinajstić information content (AvgIpc) is 2.80. The normalized spacial score (nSPS) is 12.0. The van der Waals surface area contributed by atoms with Crippen LogP contribution < -0.4 is 16.0 Å². The standard InChI is InChI=1S/C17H31N5O2S/c1-7-18-15(19-9-8-14-22-12(2)13(3)25-14)20-10-11-21-16(23)24-17(4,5)6/h7-11H2,1-6H3,(H,21,23)(H2,18,19,20). The molecule has 1 amide bonds. The first-order chi connectivity index (χ1) is 11.7. The van der Waals surface area contributed by atoms with Crippen molar-refractivity contribution < 1.29 is 9.53 Å². The number of hydrogen-bond donors (Lipinski definition) is 3. The summed E-state index contributed by atoms with van der Waals surface area (Å²) in [5, 5.41) is 10.2. The highest BCUT2D eigenvalue weighted by atomic mass is 32.1. The van der Waals surface area contributed by atoms with Crippen LogP contribution in [0.1, 0.15) is 43.3 Å². The molecule has 0 aliphatic rings. The van der Waals surface area contributed by atoms with Crippen LogP contribution in [-0.4, -0.2) is 48.8 Å². The predicted molar refractivity (Wildman–Crippen MR) is 104 cm³/mol. The lowest BCUT2D eigenvalue weighted by atomic mass is 10.2. The van der Waals surface area contributed by atoms with Gasteiger partial charge in [-0.15, -0.1) is 11.3 Å². The summed E-state index contributed by atoms with van der Waals surface area (Å²) in [4.78, 5) is 21.9. The third-order valence-electron chi connectivity index (χ3n) is 3.10. The van der Waals surface area contributed by atoms with Gasteiger partial charge in [-0.05, 0) is 41.5 Å². The molecule has 0 spiro atoms. The van der Waals surface area contributed by atoms with Gasteiger partial charge in [-0.3, -0.25) is 4.99 Å². The summed E-state index contributed by atoms with van der Waals surface area (Å²) in [6, 6.07) is 0. The highest BCUT2D eigenvalue weighted by Gasteiger charge is 2.15. The van der Waals surface area contributed by atoms with Crippen molar-refractivity contribution in [2.45, 2.75) is 53.6 Å². The van der Waals surface area contributed by atoms with Crippen LogP contribution >= 0.6 is 11.3 Å². The van der Waals surface area contributed by atoms with Crippen LogP contribution in [0.3, 0.4) is 0 Å². The second-order valence-electron chi connectivity index (χ2n) is 6.62. The Bertz CT molecular complexity index is 559. The van der Waals surface area contributed by atoms with Crippen molar-refractivity contribution in [2.24, 2.45) is 4.99 Å². The molecule has 0 radical (unpaired) electrons. The topological polar surface area (TPSA) is 87.6 Å². The summed E-state index contributed by atoms with van der Waals surface area (Å²) in [5.74, 6) is 0.735. The van der Waals surface area contributed by atoms with Gasteiger partial charge in [-0.25, -0.2) is 9.78 Å². The molecule has 0 saturated heterocycles. The Kier molecular flexibility index (Phi) is 8.68. The molecule has 7 nitrogen and oxygen atoms in total. The van der Waals surface area contributed by atoms with Gasteiger partial charge in [0, 0.05) is 37.5 Å². The molecule has 0 aliphatic carbocycles. The fourth-order valence-corrected chi connectivity index (χ4v) is 2.83. The molecular weight excluding hydrogens is 338 g/mol. The number of carbonyl (C=O) groups excluding carboxylic acids is 1. The fourth-order valence-electron chi connectivity index (χ4n) is 1.91. The zero-order valence-corrected chi connectivity index (χ0v) is 17.0. The molecule has 142 valence electrons. The minimum atomic E-state index is -0.486. The van der Waals surface area contributed by atoms with Crippen molar-refractivity contribution in [1.82, 2.24) is 20.9 Å². The van der Waals surface area contributed by atoms with Crippen LogP contribution in [0.2, 0.25) is 0 Å². The maximum Gasteiger partial charge on any atom is 0.407 e. The number of thiazole rings is 1. The SMILES string of the molecule is CCNC(=NCCc1nc(C)c(C)s1)NCCNC(=O)OC(C)(C)C. The van der Waals surface area contributed by atoms with E-state index in [9.17, 15) is 4.79 Å². The smallest absolute Gasteiger partial charge is 0.407 e. The third kappa shape index (κ3) is 9.28. The van der Waals surface area contributed by atoms with E-state index in [4.69, 9.17) is 4.74 Å². The van der Waals surface area contributed by atoms with E-state index < -0.39 is 11.7 Å². The molecule has 3 N–H and O–H groups in total. The van der Waals surface area contributed by atoms with Crippen molar-refractivity contribution in [2.75, 3.05) is 26.2 Å². The van der Waals surface area contributed by atoms with Gasteiger partial charge >= 0.3 is 6.09 Å². The van der Waals surface area contributed by atoms with Gasteiger partial charge in [-0.2, -0.15) is 0 Å². The van der Waals surface area contributed by atoms with Crippen LogP contribution in [0, 0.1) is 13.8 Å². The molecule has 25 heavy (non-hydrogen) atoms. The highest BCUT2D eigenvalue weighted by Crippen LogP contribution is 2.16. The number of amides is 1. The summed E-state index contributed by atoms with van der Waals surface area (Å²) in [6.07, 6.45) is 0.414. The lowest BCUT2D eigenvalue weighted by Gasteiger charge is -2.19. The Morgan fingerprint density at radius 1 is 1.20 bits per heavy atom. The molecule has 0 atom stereocenters. The van der Waals surface area contributed by atoms with Crippen molar-refractivity contribution in [3.05, 3.63) is 15.6 Å². The molecule has 1 aromatic heterocycles. The zero-order chi connectivity index (χ0) is 18.9. The number of rotatable bonds is 7. The van der Waals surface area contributed by atoms with E-state index in [-0.39, 0.29) is 0 Å². The predicted octanol–water partition coefficient (Wildman–Crippen LogP) is 2.38. The van der Waals surface area contributed by atoms with Gasteiger partial charge < -0.3 is 20.7 Å². The number of ether oxygens (including phenoxy) is 1. The number of alkyl carbamates (subject to hydrolysis) is 1. The summed E-state index contributed by atoms with van der Waals surface area (Å²) < 4.78 is 5.19. The molecule has 0 aromatic carbocycles. The molecular formula is C17H31N5O2S. The first kappa shape index (κ1) is 21.2. The zero-order valence-electron chi connectivity index (χ0n) is 16.2. The van der Waals surface area contributed by atoms with E-state index in [1.165, 1.54) is 4.88 Å². The molecule has 1 aromatic rings. The highest BCUT2D eigenvalue weighted by molar-refractivity contribution is 7.11. The minimum Gasteiger partial charge on any atom is -0.444 e. The number of nitrogens with one attached hydrogen (secondary N) is 3. The number of aromatic nitrogens is 1. The van der Waals surface area contributed by atoms with E-state index >= 15 is 0 Å². The van der Waals surface area contributed by atoms with Crippen LogP contribution in [0.5, 0.6) is 0 Å². The van der Waals surface area contributed by atoms with E-state index in [2.05, 4.69) is 32.9 Å². The summed E-state index contributed by atoms with van der Waals surface area (Å²) >= 11 is 1.73. The molecule has 1 rings (SSSR count). The van der Waals surface area contributed by atoms with Gasteiger partial charge in [0.15, 0.2) is 5.96 Å². The first-order valence-electron chi connectivity index (χ1n) is 8.63. The maximum atomic E-state index is 11.6. The fraction of sp³-hybridized carbons (Fsp3) is 0.706. The number of hydrogen-bond acceptors (Lipinski definition) is 5. The summed E-state index contributed by atoms with van der Waals surface area (Å²) in [7, 11) is 0. The van der Waals surface area contributed by atoms with Gasteiger partial charge in [-0.1, -0.05) is 0 Å². The maximum absolute atomic E-state index is 11.6. The molecule has 8 heteroatoms. The number of carbonyl (C=O) groups is 1. The molecule has 0 fully saturated rings. The molecule has 0 bridgehead atoms. The van der Waals surface area contributed by atoms with Crippen LogP contribution in [0.15, 0.2) is 4.99 Å². The number of guanidine groups is 1. The Hall–Kier alpha value is -1.83. The van der Waals surface area contributed by atoms with Gasteiger partial charge in [0.05, 0.1) is 10.7 Å².